The standard InChI is InChI=1S/C19H21NO4S2/c1-25(21,22)13-7-8-17(18(10-13)26(2,23)24)20-11-16-15-9-12-5-3-4-6-14(12)19(15)16/h3-8,10,15-16,19-20H,9,11H2,1-2H3. The average molecular weight is 392 g/mol. The highest BCUT2D eigenvalue weighted by Crippen LogP contribution is 2.61. The van der Waals surface area contributed by atoms with Crippen LogP contribution in [0.5, 0.6) is 0 Å². The fraction of sp³-hybridized carbons (Fsp3) is 0.368. The Bertz CT molecular complexity index is 1090. The molecule has 2 aliphatic rings. The van der Waals surface area contributed by atoms with Gasteiger partial charge in [0.2, 0.25) is 0 Å². The van der Waals surface area contributed by atoms with E-state index in [9.17, 15) is 16.8 Å². The van der Waals surface area contributed by atoms with Gasteiger partial charge >= 0.3 is 0 Å². The van der Waals surface area contributed by atoms with E-state index in [4.69, 9.17) is 0 Å². The maximum absolute atomic E-state index is 12.1. The van der Waals surface area contributed by atoms with Crippen molar-refractivity contribution in [2.45, 2.75) is 22.1 Å². The highest BCUT2D eigenvalue weighted by Gasteiger charge is 2.54. The maximum atomic E-state index is 12.1. The highest BCUT2D eigenvalue weighted by atomic mass is 32.2. The number of nitrogens with one attached hydrogen (secondary N) is 1. The van der Waals surface area contributed by atoms with Crippen LogP contribution in [0.2, 0.25) is 0 Å². The molecule has 0 heterocycles. The first-order chi connectivity index (χ1) is 12.2. The second-order valence-corrected chi connectivity index (χ2v) is 11.3. The van der Waals surface area contributed by atoms with Gasteiger partial charge in [-0.15, -0.1) is 0 Å². The molecule has 26 heavy (non-hydrogen) atoms. The second-order valence-electron chi connectivity index (χ2n) is 7.34. The third-order valence-corrected chi connectivity index (χ3v) is 7.76. The highest BCUT2D eigenvalue weighted by molar-refractivity contribution is 7.91. The molecule has 0 bridgehead atoms. The van der Waals surface area contributed by atoms with E-state index in [-0.39, 0.29) is 9.79 Å². The third-order valence-electron chi connectivity index (χ3n) is 5.51. The Morgan fingerprint density at radius 1 is 1.00 bits per heavy atom. The van der Waals surface area contributed by atoms with Gasteiger partial charge in [-0.2, -0.15) is 0 Å². The van der Waals surface area contributed by atoms with Crippen LogP contribution in [-0.2, 0) is 26.1 Å². The van der Waals surface area contributed by atoms with Crippen molar-refractivity contribution in [1.82, 2.24) is 0 Å². The lowest BCUT2D eigenvalue weighted by molar-refractivity contribution is 0.600. The Morgan fingerprint density at radius 2 is 1.73 bits per heavy atom. The van der Waals surface area contributed by atoms with Crippen LogP contribution in [0.4, 0.5) is 5.69 Å². The van der Waals surface area contributed by atoms with Gasteiger partial charge in [0, 0.05) is 19.1 Å². The molecule has 0 spiro atoms. The number of benzene rings is 2. The average Bonchev–Trinajstić information content (AvgIpc) is 3.09. The Labute approximate surface area is 154 Å². The van der Waals surface area contributed by atoms with Crippen LogP contribution < -0.4 is 5.32 Å². The van der Waals surface area contributed by atoms with Gasteiger partial charge in [0.05, 0.1) is 15.5 Å². The topological polar surface area (TPSA) is 80.3 Å². The summed E-state index contributed by atoms with van der Waals surface area (Å²) in [5.74, 6) is 1.67. The van der Waals surface area contributed by atoms with E-state index in [0.29, 0.717) is 30.0 Å². The Balaban J connectivity index is 1.55. The van der Waals surface area contributed by atoms with Gasteiger partial charge in [-0.05, 0) is 53.5 Å². The summed E-state index contributed by atoms with van der Waals surface area (Å²) in [6, 6.07) is 12.7. The van der Waals surface area contributed by atoms with Crippen molar-refractivity contribution >= 4 is 25.4 Å². The summed E-state index contributed by atoms with van der Waals surface area (Å²) in [5.41, 5.74) is 3.31. The van der Waals surface area contributed by atoms with E-state index in [2.05, 4.69) is 29.6 Å². The van der Waals surface area contributed by atoms with E-state index in [1.165, 1.54) is 23.3 Å². The molecule has 2 aromatic rings. The number of fused-ring (bicyclic) bond motifs is 3. The summed E-state index contributed by atoms with van der Waals surface area (Å²) < 4.78 is 47.7. The fourth-order valence-electron chi connectivity index (χ4n) is 4.18. The summed E-state index contributed by atoms with van der Waals surface area (Å²) in [5, 5.41) is 3.25. The summed E-state index contributed by atoms with van der Waals surface area (Å²) in [7, 11) is -7.00. The minimum absolute atomic E-state index is 0.0145. The smallest absolute Gasteiger partial charge is 0.177 e. The first-order valence-corrected chi connectivity index (χ1v) is 12.3. The lowest BCUT2D eigenvalue weighted by Gasteiger charge is -2.14. The first kappa shape index (κ1) is 17.5. The third kappa shape index (κ3) is 3.03. The molecule has 4 rings (SSSR count). The molecular weight excluding hydrogens is 370 g/mol. The Morgan fingerprint density at radius 3 is 2.42 bits per heavy atom. The fourth-order valence-corrected chi connectivity index (χ4v) is 5.78. The largest absolute Gasteiger partial charge is 0.384 e. The molecule has 2 aliphatic carbocycles. The number of anilines is 1. The second kappa shape index (κ2) is 5.82. The molecule has 3 atom stereocenters. The van der Waals surface area contributed by atoms with Gasteiger partial charge in [0.1, 0.15) is 0 Å². The van der Waals surface area contributed by atoms with E-state index in [0.717, 1.165) is 18.9 Å². The van der Waals surface area contributed by atoms with E-state index < -0.39 is 19.7 Å². The molecule has 1 fully saturated rings. The maximum Gasteiger partial charge on any atom is 0.177 e. The predicted molar refractivity (Wildman–Crippen MR) is 101 cm³/mol. The molecule has 0 aromatic heterocycles. The number of rotatable bonds is 5. The van der Waals surface area contributed by atoms with Crippen molar-refractivity contribution in [2.75, 3.05) is 24.4 Å². The van der Waals surface area contributed by atoms with Crippen LogP contribution in [0.15, 0.2) is 52.3 Å². The summed E-state index contributed by atoms with van der Waals surface area (Å²) in [6.45, 7) is 0.685. The van der Waals surface area contributed by atoms with Crippen molar-refractivity contribution in [3.63, 3.8) is 0 Å². The SMILES string of the molecule is CS(=O)(=O)c1ccc(NCC2C3Cc4ccccc4C23)c(S(C)(=O)=O)c1. The number of sulfone groups is 2. The van der Waals surface area contributed by atoms with E-state index in [1.54, 1.807) is 6.07 Å². The molecule has 3 unspecified atom stereocenters. The predicted octanol–water partition coefficient (Wildman–Crippen LogP) is 2.49. The van der Waals surface area contributed by atoms with Crippen LogP contribution >= 0.6 is 0 Å². The van der Waals surface area contributed by atoms with E-state index >= 15 is 0 Å². The molecule has 5 nitrogen and oxygen atoms in total. The molecule has 7 heteroatoms. The zero-order valence-electron chi connectivity index (χ0n) is 14.6. The van der Waals surface area contributed by atoms with Crippen LogP contribution in [0.1, 0.15) is 17.0 Å². The molecule has 2 aromatic carbocycles. The monoisotopic (exact) mass is 391 g/mol. The summed E-state index contributed by atoms with van der Waals surface area (Å²) in [6.07, 6.45) is 3.26. The van der Waals surface area contributed by atoms with E-state index in [1.807, 2.05) is 0 Å². The Hall–Kier alpha value is -1.86. The molecule has 138 valence electrons. The minimum Gasteiger partial charge on any atom is -0.384 e. The first-order valence-electron chi connectivity index (χ1n) is 8.52. The number of hydrogen-bond donors (Lipinski definition) is 1. The van der Waals surface area contributed by atoms with Crippen molar-refractivity contribution in [3.8, 4) is 0 Å². The lowest BCUT2D eigenvalue weighted by atomic mass is 10.0. The van der Waals surface area contributed by atoms with Crippen LogP contribution in [-0.4, -0.2) is 35.9 Å². The van der Waals surface area contributed by atoms with Crippen LogP contribution in [0, 0.1) is 11.8 Å². The molecule has 0 aliphatic heterocycles. The molecule has 0 radical (unpaired) electrons. The van der Waals surface area contributed by atoms with Gasteiger partial charge in [0.15, 0.2) is 19.7 Å². The summed E-state index contributed by atoms with van der Waals surface area (Å²) in [4.78, 5) is 0.0485. The minimum atomic E-state index is -3.54. The van der Waals surface area contributed by atoms with Crippen molar-refractivity contribution in [1.29, 1.82) is 0 Å². The number of hydrogen-bond acceptors (Lipinski definition) is 5. The zero-order chi connectivity index (χ0) is 18.7. The van der Waals surface area contributed by atoms with Gasteiger partial charge < -0.3 is 5.32 Å². The van der Waals surface area contributed by atoms with Gasteiger partial charge in [-0.1, -0.05) is 24.3 Å². The quantitative estimate of drug-likeness (QED) is 0.847. The van der Waals surface area contributed by atoms with Crippen molar-refractivity contribution in [3.05, 3.63) is 53.6 Å². The van der Waals surface area contributed by atoms with Gasteiger partial charge in [0.25, 0.3) is 0 Å². The molecule has 0 amide bonds. The summed E-state index contributed by atoms with van der Waals surface area (Å²) >= 11 is 0. The molecule has 0 saturated heterocycles. The molecule has 1 N–H and O–H groups in total. The lowest BCUT2D eigenvalue weighted by Crippen LogP contribution is -2.12. The van der Waals surface area contributed by atoms with Gasteiger partial charge in [-0.25, -0.2) is 16.8 Å². The van der Waals surface area contributed by atoms with Crippen LogP contribution in [0.25, 0.3) is 0 Å². The zero-order valence-corrected chi connectivity index (χ0v) is 16.3. The normalized spacial score (nSPS) is 24.0. The Kier molecular flexibility index (Phi) is 3.93. The van der Waals surface area contributed by atoms with Gasteiger partial charge in [-0.3, -0.25) is 0 Å². The van der Waals surface area contributed by atoms with Crippen LogP contribution in [0.3, 0.4) is 0 Å². The van der Waals surface area contributed by atoms with Crippen molar-refractivity contribution < 1.29 is 16.8 Å². The molecule has 1 saturated carbocycles. The molecular formula is C19H21NO4S2. The van der Waals surface area contributed by atoms with Crippen molar-refractivity contribution in [2.24, 2.45) is 11.8 Å².